The van der Waals surface area contributed by atoms with Crippen LogP contribution in [0.15, 0.2) is 0 Å². The maximum atomic E-state index is 10.7. The summed E-state index contributed by atoms with van der Waals surface area (Å²) in [7, 11) is -6.55. The van der Waals surface area contributed by atoms with Crippen LogP contribution in [0.4, 0.5) is 4.20 Å². The normalized spacial score (nSPS) is 19.2. The molecule has 40 valence electrons. The van der Waals surface area contributed by atoms with Crippen LogP contribution in [0.1, 0.15) is 0 Å². The molecule has 0 aliphatic carbocycles. The standard InChI is InChI=1S/FH4O4P/c1-6(2,3,4)5/h2-5H. The summed E-state index contributed by atoms with van der Waals surface area (Å²) in [6.45, 7) is 0. The zero-order chi connectivity index (χ0) is 5.45. The number of halogens is 1. The van der Waals surface area contributed by atoms with Crippen molar-refractivity contribution < 1.29 is 23.8 Å². The van der Waals surface area contributed by atoms with E-state index in [0.29, 0.717) is 0 Å². The summed E-state index contributed by atoms with van der Waals surface area (Å²) < 4.78 is 10.7. The molecule has 0 unspecified atom stereocenters. The molecular weight excluding hydrogens is 114 g/mol. The van der Waals surface area contributed by atoms with E-state index in [4.69, 9.17) is 19.6 Å². The molecule has 4 N–H and O–H groups in total. The molecule has 0 spiro atoms. The topological polar surface area (TPSA) is 80.9 Å². The van der Waals surface area contributed by atoms with Crippen LogP contribution in [0.3, 0.4) is 0 Å². The molecule has 4 nitrogen and oxygen atoms in total. The average molecular weight is 118 g/mol. The van der Waals surface area contributed by atoms with Crippen LogP contribution >= 0.6 is 7.82 Å². The van der Waals surface area contributed by atoms with Crippen LogP contribution in [0.5, 0.6) is 0 Å². The van der Waals surface area contributed by atoms with E-state index in [1.165, 1.54) is 0 Å². The van der Waals surface area contributed by atoms with E-state index >= 15 is 0 Å². The summed E-state index contributed by atoms with van der Waals surface area (Å²) >= 11 is 0. The van der Waals surface area contributed by atoms with Gasteiger partial charge in [0.15, 0.2) is 0 Å². The van der Waals surface area contributed by atoms with E-state index in [2.05, 4.69) is 0 Å². The second-order valence-corrected chi connectivity index (χ2v) is 2.52. The number of hydrogen-bond donors (Lipinski definition) is 4. The van der Waals surface area contributed by atoms with Crippen molar-refractivity contribution in [2.24, 2.45) is 0 Å². The predicted molar refractivity (Wildman–Crippen MR) is 16.9 cm³/mol. The van der Waals surface area contributed by atoms with Crippen molar-refractivity contribution in [3.8, 4) is 0 Å². The van der Waals surface area contributed by atoms with E-state index in [9.17, 15) is 4.20 Å². The van der Waals surface area contributed by atoms with Gasteiger partial charge in [-0.25, -0.2) is 0 Å². The monoisotopic (exact) mass is 118 g/mol. The molecule has 0 rings (SSSR count). The van der Waals surface area contributed by atoms with Gasteiger partial charge in [0.25, 0.3) is 0 Å². The van der Waals surface area contributed by atoms with Crippen molar-refractivity contribution in [1.82, 2.24) is 0 Å². The fraction of sp³-hybridized carbons (Fsp3) is 0. The molecule has 0 bridgehead atoms. The fourth-order valence-corrected chi connectivity index (χ4v) is 0. The summed E-state index contributed by atoms with van der Waals surface area (Å²) in [5.74, 6) is 0. The molecule has 0 atom stereocenters. The number of hydrogen-bond acceptors (Lipinski definition) is 4. The molecule has 0 saturated carbocycles. The van der Waals surface area contributed by atoms with Gasteiger partial charge in [0, 0.05) is 0 Å². The minimum atomic E-state index is -6.55. The van der Waals surface area contributed by atoms with Crippen LogP contribution in [0.2, 0.25) is 0 Å². The predicted octanol–water partition coefficient (Wildman–Crippen LogP) is -0.947. The second-order valence-electron chi connectivity index (χ2n) is 0.839. The van der Waals surface area contributed by atoms with Gasteiger partial charge in [-0.05, 0) is 0 Å². The Hall–Kier alpha value is 0.200. The first-order valence-electron chi connectivity index (χ1n) is 0.969. The Balaban J connectivity index is 3.73. The average Bonchev–Trinajstić information content (AvgIpc) is 0.650. The van der Waals surface area contributed by atoms with E-state index in [1.54, 1.807) is 0 Å². The summed E-state index contributed by atoms with van der Waals surface area (Å²) in [4.78, 5) is 28.5. The Bertz CT molecular complexity index is 40.7. The van der Waals surface area contributed by atoms with Gasteiger partial charge in [-0.1, -0.05) is 0 Å². The fourth-order valence-electron chi connectivity index (χ4n) is 0. The van der Waals surface area contributed by atoms with E-state index in [-0.39, 0.29) is 0 Å². The van der Waals surface area contributed by atoms with Crippen molar-refractivity contribution in [2.45, 2.75) is 0 Å². The first-order chi connectivity index (χ1) is 2.24. The Labute approximate surface area is 32.9 Å². The van der Waals surface area contributed by atoms with E-state index in [1.807, 2.05) is 0 Å². The second kappa shape index (κ2) is 0.882. The molecule has 0 aromatic carbocycles. The van der Waals surface area contributed by atoms with Crippen molar-refractivity contribution in [3.05, 3.63) is 0 Å². The molecule has 0 radical (unpaired) electrons. The van der Waals surface area contributed by atoms with Crippen molar-refractivity contribution in [2.75, 3.05) is 0 Å². The summed E-state index contributed by atoms with van der Waals surface area (Å²) in [5.41, 5.74) is 0. The molecule has 6 heavy (non-hydrogen) atoms. The van der Waals surface area contributed by atoms with Gasteiger partial charge >= 0.3 is 31.6 Å². The molecule has 0 fully saturated rings. The van der Waals surface area contributed by atoms with Crippen LogP contribution in [0, 0.1) is 0 Å². The maximum absolute atomic E-state index is 10.7. The third-order valence-electron chi connectivity index (χ3n) is 0. The Kier molecular flexibility index (Phi) is 0.911. The van der Waals surface area contributed by atoms with Crippen molar-refractivity contribution in [3.63, 3.8) is 0 Å². The molecule has 0 aromatic heterocycles. The van der Waals surface area contributed by atoms with Crippen molar-refractivity contribution >= 4 is 7.82 Å². The summed E-state index contributed by atoms with van der Waals surface area (Å²) in [5, 5.41) is 0. The first kappa shape index (κ1) is 6.20. The van der Waals surface area contributed by atoms with Crippen LogP contribution < -0.4 is 0 Å². The zero-order valence-electron chi connectivity index (χ0n) is 2.61. The molecule has 6 heteroatoms. The Morgan fingerprint density at radius 2 is 1.00 bits per heavy atom. The molecule has 0 heterocycles. The Morgan fingerprint density at radius 3 is 1.00 bits per heavy atom. The van der Waals surface area contributed by atoms with Gasteiger partial charge in [-0.2, -0.15) is 0 Å². The van der Waals surface area contributed by atoms with Crippen molar-refractivity contribution in [1.29, 1.82) is 0 Å². The quantitative estimate of drug-likeness (QED) is 0.309. The van der Waals surface area contributed by atoms with Gasteiger partial charge in [0.2, 0.25) is 0 Å². The Morgan fingerprint density at radius 1 is 1.00 bits per heavy atom. The van der Waals surface area contributed by atoms with Gasteiger partial charge in [0.05, 0.1) is 0 Å². The van der Waals surface area contributed by atoms with Gasteiger partial charge in [-0.3, -0.25) is 0 Å². The molecule has 0 saturated heterocycles. The molecule has 0 aliphatic heterocycles. The zero-order valence-corrected chi connectivity index (χ0v) is 3.51. The van der Waals surface area contributed by atoms with Crippen LogP contribution in [0.25, 0.3) is 0 Å². The third-order valence-corrected chi connectivity index (χ3v) is 0. The summed E-state index contributed by atoms with van der Waals surface area (Å²) in [6, 6.07) is 0. The van der Waals surface area contributed by atoms with Gasteiger partial charge in [-0.15, -0.1) is 0 Å². The molecular formula is H4FO4P. The first-order valence-corrected chi connectivity index (χ1v) is 2.91. The van der Waals surface area contributed by atoms with Crippen LogP contribution in [-0.4, -0.2) is 19.6 Å². The third kappa shape index (κ3) is 1080. The summed E-state index contributed by atoms with van der Waals surface area (Å²) in [6.07, 6.45) is 0. The van der Waals surface area contributed by atoms with E-state index in [0.717, 1.165) is 0 Å². The molecule has 0 aliphatic rings. The SMILES string of the molecule is OP(O)(O)(O)F. The molecule has 0 amide bonds. The van der Waals surface area contributed by atoms with E-state index < -0.39 is 7.82 Å². The number of rotatable bonds is 0. The minimum absolute atomic E-state index is 6.55. The van der Waals surface area contributed by atoms with Gasteiger partial charge in [0.1, 0.15) is 0 Å². The van der Waals surface area contributed by atoms with Gasteiger partial charge < -0.3 is 0 Å². The molecule has 0 aromatic rings. The van der Waals surface area contributed by atoms with Crippen LogP contribution in [-0.2, 0) is 0 Å².